The first kappa shape index (κ1) is 25.7. The molecule has 6 heterocycles. The number of aromatic nitrogens is 2. The fourth-order valence-corrected chi connectivity index (χ4v) is 8.49. The third-order valence-electron chi connectivity index (χ3n) is 10.5. The molecule has 4 fully saturated rings. The number of hydrogen-bond donors (Lipinski definition) is 1. The first-order chi connectivity index (χ1) is 20.1. The van der Waals surface area contributed by atoms with Crippen LogP contribution in [0.4, 0.5) is 15.9 Å². The summed E-state index contributed by atoms with van der Waals surface area (Å²) in [6.07, 6.45) is 6.27. The molecule has 8 heteroatoms. The quantitative estimate of drug-likeness (QED) is 0.474. The van der Waals surface area contributed by atoms with Crippen LogP contribution in [0.2, 0.25) is 0 Å². The number of piperazine rings is 1. The highest BCUT2D eigenvalue weighted by molar-refractivity contribution is 5.97. The average molecular weight is 557 g/mol. The number of nitrogens with zero attached hydrogens (tertiary/aromatic N) is 5. The van der Waals surface area contributed by atoms with E-state index in [-0.39, 0.29) is 5.54 Å². The Morgan fingerprint density at radius 3 is 2.68 bits per heavy atom. The second-order valence-corrected chi connectivity index (χ2v) is 13.0. The number of fused-ring (bicyclic) bond motifs is 5. The van der Waals surface area contributed by atoms with Crippen LogP contribution in [0.25, 0.3) is 10.8 Å². The Kier molecular flexibility index (Phi) is 6.33. The van der Waals surface area contributed by atoms with Gasteiger partial charge in [-0.1, -0.05) is 37.3 Å². The van der Waals surface area contributed by atoms with Crippen molar-refractivity contribution >= 4 is 22.3 Å². The zero-order chi connectivity index (χ0) is 27.6. The molecular weight excluding hydrogens is 515 g/mol. The summed E-state index contributed by atoms with van der Waals surface area (Å²) in [5.41, 5.74) is 4.81. The Labute approximate surface area is 242 Å². The van der Waals surface area contributed by atoms with Crippen molar-refractivity contribution in [3.8, 4) is 6.01 Å². The minimum absolute atomic E-state index is 0.210. The molecule has 5 aliphatic rings. The molecule has 7 nitrogen and oxygen atoms in total. The Morgan fingerprint density at radius 1 is 1.02 bits per heavy atom. The van der Waals surface area contributed by atoms with Crippen LogP contribution in [-0.4, -0.2) is 78.0 Å². The fourth-order valence-electron chi connectivity index (χ4n) is 8.49. The van der Waals surface area contributed by atoms with Crippen molar-refractivity contribution in [1.29, 1.82) is 0 Å². The van der Waals surface area contributed by atoms with Crippen molar-refractivity contribution in [2.45, 2.75) is 82.2 Å². The molecule has 0 aliphatic carbocycles. The van der Waals surface area contributed by atoms with E-state index in [0.29, 0.717) is 37.7 Å². The number of halogens is 1. The molecule has 5 aliphatic heterocycles. The predicted octanol–water partition coefficient (Wildman–Crippen LogP) is 4.65. The molecule has 2 aromatic carbocycles. The monoisotopic (exact) mass is 556 g/mol. The Morgan fingerprint density at radius 2 is 1.85 bits per heavy atom. The van der Waals surface area contributed by atoms with Gasteiger partial charge in [-0.05, 0) is 62.1 Å². The van der Waals surface area contributed by atoms with Gasteiger partial charge in [0.15, 0.2) is 0 Å². The van der Waals surface area contributed by atoms with E-state index in [1.165, 1.54) is 40.4 Å². The van der Waals surface area contributed by atoms with E-state index in [0.717, 1.165) is 69.9 Å². The van der Waals surface area contributed by atoms with E-state index in [1.807, 2.05) is 0 Å². The number of ether oxygens (including phenoxy) is 1. The Bertz CT molecular complexity index is 1450. The molecule has 1 N–H and O–H groups in total. The van der Waals surface area contributed by atoms with E-state index in [4.69, 9.17) is 14.7 Å². The molecule has 8 rings (SSSR count). The lowest BCUT2D eigenvalue weighted by atomic mass is 9.95. The predicted molar refractivity (Wildman–Crippen MR) is 161 cm³/mol. The smallest absolute Gasteiger partial charge is 0.318 e. The summed E-state index contributed by atoms with van der Waals surface area (Å²) in [6, 6.07) is 14.8. The summed E-state index contributed by atoms with van der Waals surface area (Å²) < 4.78 is 20.9. The number of aryl methyl sites for hydroxylation is 1. The van der Waals surface area contributed by atoms with Crippen molar-refractivity contribution in [2.24, 2.45) is 0 Å². The molecule has 2 unspecified atom stereocenters. The number of anilines is 2. The van der Waals surface area contributed by atoms with Gasteiger partial charge >= 0.3 is 6.01 Å². The van der Waals surface area contributed by atoms with Gasteiger partial charge in [-0.25, -0.2) is 4.39 Å². The highest BCUT2D eigenvalue weighted by atomic mass is 19.1. The molecule has 0 radical (unpaired) electrons. The second-order valence-electron chi connectivity index (χ2n) is 13.0. The minimum atomic E-state index is -0.766. The van der Waals surface area contributed by atoms with Crippen LogP contribution in [0.1, 0.15) is 55.8 Å². The van der Waals surface area contributed by atoms with Crippen LogP contribution in [0.3, 0.4) is 0 Å². The summed E-state index contributed by atoms with van der Waals surface area (Å²) in [4.78, 5) is 17.5. The van der Waals surface area contributed by atoms with Gasteiger partial charge in [0.25, 0.3) is 0 Å². The first-order valence-electron chi connectivity index (χ1n) is 15.8. The van der Waals surface area contributed by atoms with Crippen molar-refractivity contribution in [2.75, 3.05) is 49.1 Å². The second kappa shape index (κ2) is 10.1. The van der Waals surface area contributed by atoms with E-state index in [9.17, 15) is 4.39 Å². The van der Waals surface area contributed by atoms with Gasteiger partial charge in [-0.2, -0.15) is 9.97 Å². The highest BCUT2D eigenvalue weighted by Crippen LogP contribution is 2.41. The first-order valence-corrected chi connectivity index (χ1v) is 15.8. The molecule has 41 heavy (non-hydrogen) atoms. The number of rotatable bonds is 6. The van der Waals surface area contributed by atoms with Crippen LogP contribution >= 0.6 is 0 Å². The van der Waals surface area contributed by atoms with E-state index < -0.39 is 6.17 Å². The topological polar surface area (TPSA) is 56.8 Å². The van der Waals surface area contributed by atoms with Crippen molar-refractivity contribution in [1.82, 2.24) is 20.2 Å². The van der Waals surface area contributed by atoms with Gasteiger partial charge in [0.05, 0.1) is 17.8 Å². The number of alkyl halides is 1. The maximum atomic E-state index is 14.4. The zero-order valence-corrected chi connectivity index (χ0v) is 24.1. The summed E-state index contributed by atoms with van der Waals surface area (Å²) in [5, 5.41) is 6.41. The van der Waals surface area contributed by atoms with Crippen molar-refractivity contribution < 1.29 is 9.13 Å². The van der Waals surface area contributed by atoms with Crippen molar-refractivity contribution in [3.63, 3.8) is 0 Å². The molecule has 216 valence electrons. The van der Waals surface area contributed by atoms with Crippen LogP contribution in [0, 0.1) is 0 Å². The number of hydrogen-bond acceptors (Lipinski definition) is 7. The van der Waals surface area contributed by atoms with Gasteiger partial charge in [-0.3, -0.25) is 4.90 Å². The molecule has 0 amide bonds. The molecule has 1 aromatic heterocycles. The molecular formula is C33H41FN6O. The highest BCUT2D eigenvalue weighted by Gasteiger charge is 2.49. The van der Waals surface area contributed by atoms with Gasteiger partial charge in [0.2, 0.25) is 0 Å². The summed E-state index contributed by atoms with van der Waals surface area (Å²) >= 11 is 0. The van der Waals surface area contributed by atoms with Crippen LogP contribution < -0.4 is 19.9 Å². The van der Waals surface area contributed by atoms with Crippen LogP contribution in [0.5, 0.6) is 6.01 Å². The van der Waals surface area contributed by atoms with Crippen LogP contribution in [0.15, 0.2) is 36.4 Å². The molecule has 4 saturated heterocycles. The normalized spacial score (nSPS) is 29.3. The van der Waals surface area contributed by atoms with Gasteiger partial charge < -0.3 is 19.9 Å². The summed E-state index contributed by atoms with van der Waals surface area (Å²) in [6.45, 7) is 7.83. The summed E-state index contributed by atoms with van der Waals surface area (Å²) in [5.74, 6) is 1.06. The lowest BCUT2D eigenvalue weighted by molar-refractivity contribution is 0.107. The van der Waals surface area contributed by atoms with Crippen molar-refractivity contribution in [3.05, 3.63) is 53.2 Å². The zero-order valence-electron chi connectivity index (χ0n) is 24.1. The molecule has 2 bridgehead atoms. The maximum absolute atomic E-state index is 14.4. The summed E-state index contributed by atoms with van der Waals surface area (Å²) in [7, 11) is 0. The van der Waals surface area contributed by atoms with E-state index >= 15 is 0 Å². The van der Waals surface area contributed by atoms with Gasteiger partial charge in [0.1, 0.15) is 18.6 Å². The van der Waals surface area contributed by atoms with E-state index in [1.54, 1.807) is 0 Å². The lowest BCUT2D eigenvalue weighted by Crippen LogP contribution is -2.52. The van der Waals surface area contributed by atoms with Crippen LogP contribution in [-0.2, 0) is 19.4 Å². The Balaban J connectivity index is 1.14. The Hall–Kier alpha value is -2.97. The molecule has 0 saturated carbocycles. The number of nitrogens with one attached hydrogen (secondary N) is 1. The lowest BCUT2D eigenvalue weighted by Gasteiger charge is -2.38. The minimum Gasteiger partial charge on any atom is -0.461 e. The van der Waals surface area contributed by atoms with Gasteiger partial charge in [0, 0.05) is 61.3 Å². The average Bonchev–Trinajstić information content (AvgIpc) is 3.64. The number of benzene rings is 2. The van der Waals surface area contributed by atoms with Gasteiger partial charge in [-0.15, -0.1) is 0 Å². The third kappa shape index (κ3) is 4.45. The standard InChI is InChI=1S/C33H41FN6O/c1-2-22-6-3-7-23-8-4-9-29(30(22)23)38-15-12-27-28(20-38)36-32(37-31(27)39-18-25-10-11-26(19-39)35-25)41-21-33-13-5-14-40(33)17-24(34)16-33/h3-4,6-9,24-26,35H,2,5,10-21H2,1H3/t24?,25-,26+,33?. The largest absolute Gasteiger partial charge is 0.461 e. The molecule has 0 spiro atoms. The third-order valence-corrected chi connectivity index (χ3v) is 10.5. The molecule has 3 aromatic rings. The molecule has 4 atom stereocenters. The maximum Gasteiger partial charge on any atom is 0.318 e. The fraction of sp³-hybridized carbons (Fsp3) is 0.576. The van der Waals surface area contributed by atoms with E-state index in [2.05, 4.69) is 63.3 Å². The SMILES string of the molecule is CCc1cccc2cccc(N3CCc4c(nc(OCC56CCCN5CC(F)C6)nc4N4C[C@H]5CC[C@@H](C4)N5)C3)c12.